The van der Waals surface area contributed by atoms with Crippen molar-refractivity contribution in [3.8, 4) is 11.3 Å². The van der Waals surface area contributed by atoms with Crippen LogP contribution in [0, 0.1) is 6.92 Å². The number of nitrogens with one attached hydrogen (secondary N) is 2. The number of benzene rings is 1. The molecular weight excluding hydrogens is 424 g/mol. The molecule has 0 radical (unpaired) electrons. The minimum atomic E-state index is -0.699. The molecule has 1 aliphatic heterocycles. The zero-order valence-electron chi connectivity index (χ0n) is 16.7. The van der Waals surface area contributed by atoms with Crippen LogP contribution in [0.15, 0.2) is 24.3 Å². The maximum Gasteiger partial charge on any atom is 0.325 e. The van der Waals surface area contributed by atoms with Gasteiger partial charge < -0.3 is 10.6 Å². The highest BCUT2D eigenvalue weighted by atomic mass is 35.5. The van der Waals surface area contributed by atoms with Crippen LogP contribution in [-0.2, 0) is 9.59 Å². The van der Waals surface area contributed by atoms with Gasteiger partial charge in [-0.05, 0) is 38.3 Å². The number of aromatic nitrogens is 1. The maximum absolute atomic E-state index is 12.6. The van der Waals surface area contributed by atoms with Crippen molar-refractivity contribution in [2.75, 3.05) is 11.9 Å². The molecule has 1 aliphatic carbocycles. The largest absolute Gasteiger partial charge is 0.325 e. The van der Waals surface area contributed by atoms with Crippen molar-refractivity contribution in [1.82, 2.24) is 15.2 Å². The molecule has 30 heavy (non-hydrogen) atoms. The van der Waals surface area contributed by atoms with E-state index >= 15 is 0 Å². The molecule has 0 unspecified atom stereocenters. The van der Waals surface area contributed by atoms with E-state index in [-0.39, 0.29) is 30.8 Å². The van der Waals surface area contributed by atoms with Gasteiger partial charge in [0.1, 0.15) is 5.54 Å². The summed E-state index contributed by atoms with van der Waals surface area (Å²) in [5, 5.41) is 6.86. The number of anilines is 1. The highest BCUT2D eigenvalue weighted by Crippen LogP contribution is 2.35. The Morgan fingerprint density at radius 1 is 1.27 bits per heavy atom. The van der Waals surface area contributed by atoms with E-state index in [9.17, 15) is 14.4 Å². The summed E-state index contributed by atoms with van der Waals surface area (Å²) in [6, 6.07) is 7.06. The van der Waals surface area contributed by atoms with E-state index in [1.165, 1.54) is 16.2 Å². The number of carbonyl (C=O) groups is 3. The molecule has 158 valence electrons. The fraction of sp³-hybridized carbons (Fsp3) is 0.429. The number of carbonyl (C=O) groups excluding carboxylic acids is 3. The van der Waals surface area contributed by atoms with Gasteiger partial charge in [0.05, 0.1) is 5.69 Å². The molecule has 2 heterocycles. The Hall–Kier alpha value is -2.45. The van der Waals surface area contributed by atoms with Crippen LogP contribution in [0.3, 0.4) is 0 Å². The van der Waals surface area contributed by atoms with E-state index in [1.807, 2.05) is 19.1 Å². The fourth-order valence-corrected chi connectivity index (χ4v) is 5.08. The lowest BCUT2D eigenvalue weighted by atomic mass is 9.98. The van der Waals surface area contributed by atoms with Crippen LogP contribution < -0.4 is 10.6 Å². The third kappa shape index (κ3) is 4.06. The van der Waals surface area contributed by atoms with Gasteiger partial charge in [-0.1, -0.05) is 36.6 Å². The predicted octanol–water partition coefficient (Wildman–Crippen LogP) is 4.36. The zero-order valence-corrected chi connectivity index (χ0v) is 18.2. The number of nitrogens with zero attached hydrogens (tertiary/aromatic N) is 2. The number of halogens is 1. The molecule has 2 N–H and O–H groups in total. The minimum absolute atomic E-state index is 0.145. The van der Waals surface area contributed by atoms with Crippen LogP contribution in [-0.4, -0.2) is 39.8 Å². The number of aryl methyl sites for hydroxylation is 1. The topological polar surface area (TPSA) is 91.4 Å². The summed E-state index contributed by atoms with van der Waals surface area (Å²) < 4.78 is 0. The van der Waals surface area contributed by atoms with Crippen molar-refractivity contribution in [2.24, 2.45) is 0 Å². The van der Waals surface area contributed by atoms with Crippen molar-refractivity contribution in [3.63, 3.8) is 0 Å². The van der Waals surface area contributed by atoms with E-state index in [4.69, 9.17) is 11.6 Å². The number of imide groups is 1. The van der Waals surface area contributed by atoms with Gasteiger partial charge in [0.2, 0.25) is 5.91 Å². The molecule has 2 aromatic rings. The van der Waals surface area contributed by atoms with E-state index in [0.29, 0.717) is 29.4 Å². The first-order chi connectivity index (χ1) is 14.4. The van der Waals surface area contributed by atoms with E-state index in [2.05, 4.69) is 15.6 Å². The normalized spacial score (nSPS) is 17.6. The number of thiazole rings is 1. The van der Waals surface area contributed by atoms with Crippen LogP contribution in [0.5, 0.6) is 0 Å². The summed E-state index contributed by atoms with van der Waals surface area (Å²) in [5.41, 5.74) is 1.05. The predicted molar refractivity (Wildman–Crippen MR) is 117 cm³/mol. The minimum Gasteiger partial charge on any atom is -0.323 e. The third-order valence-corrected chi connectivity index (χ3v) is 6.79. The molecule has 2 fully saturated rings. The van der Waals surface area contributed by atoms with Gasteiger partial charge >= 0.3 is 6.03 Å². The summed E-state index contributed by atoms with van der Waals surface area (Å²) in [5.74, 6) is -0.331. The molecule has 7 nitrogen and oxygen atoms in total. The van der Waals surface area contributed by atoms with Gasteiger partial charge in [0.15, 0.2) is 5.13 Å². The highest BCUT2D eigenvalue weighted by Gasteiger charge is 2.52. The van der Waals surface area contributed by atoms with Crippen molar-refractivity contribution < 1.29 is 14.4 Å². The van der Waals surface area contributed by atoms with Gasteiger partial charge in [-0.15, -0.1) is 11.3 Å². The number of rotatable bonds is 6. The molecule has 0 bridgehead atoms. The Morgan fingerprint density at radius 2 is 1.97 bits per heavy atom. The molecule has 1 saturated carbocycles. The second-order valence-corrected chi connectivity index (χ2v) is 9.40. The number of hydrogen-bond acceptors (Lipinski definition) is 5. The summed E-state index contributed by atoms with van der Waals surface area (Å²) in [6.07, 6.45) is 3.93. The van der Waals surface area contributed by atoms with Gasteiger partial charge in [-0.3, -0.25) is 14.5 Å². The van der Waals surface area contributed by atoms with Crippen LogP contribution in [0.25, 0.3) is 11.3 Å². The fourth-order valence-electron chi connectivity index (χ4n) is 4.10. The third-order valence-electron chi connectivity index (χ3n) is 5.65. The molecular formula is C21H23ClN4O3S. The lowest BCUT2D eigenvalue weighted by molar-refractivity contribution is -0.131. The maximum atomic E-state index is 12.6. The second-order valence-electron chi connectivity index (χ2n) is 7.76. The molecule has 9 heteroatoms. The molecule has 1 saturated heterocycles. The number of hydrogen-bond donors (Lipinski definition) is 2. The monoisotopic (exact) mass is 446 g/mol. The lowest BCUT2D eigenvalue weighted by Gasteiger charge is -2.19. The molecule has 1 aromatic heterocycles. The Morgan fingerprint density at radius 3 is 2.67 bits per heavy atom. The average Bonchev–Trinajstić information content (AvgIpc) is 3.38. The van der Waals surface area contributed by atoms with Crippen LogP contribution >= 0.6 is 22.9 Å². The first kappa shape index (κ1) is 20.8. The molecule has 4 rings (SSSR count). The van der Waals surface area contributed by atoms with Gasteiger partial charge in [0.25, 0.3) is 5.91 Å². The number of amides is 4. The van der Waals surface area contributed by atoms with Crippen molar-refractivity contribution in [2.45, 2.75) is 51.0 Å². The SMILES string of the molecule is Cc1sc(NC(=O)CCCN2C(=O)NC3(CCCC3)C2=O)nc1-c1ccc(Cl)cc1. The van der Waals surface area contributed by atoms with E-state index in [0.717, 1.165) is 29.0 Å². The van der Waals surface area contributed by atoms with Crippen LogP contribution in [0.2, 0.25) is 5.02 Å². The Balaban J connectivity index is 1.30. The van der Waals surface area contributed by atoms with Crippen LogP contribution in [0.1, 0.15) is 43.4 Å². The smallest absolute Gasteiger partial charge is 0.323 e. The Bertz CT molecular complexity index is 983. The first-order valence-electron chi connectivity index (χ1n) is 10.1. The molecule has 0 atom stereocenters. The van der Waals surface area contributed by atoms with Gasteiger partial charge in [-0.25, -0.2) is 9.78 Å². The molecule has 4 amide bonds. The standard InChI is InChI=1S/C21H23ClN4O3S/c1-13-17(14-6-8-15(22)9-7-14)24-19(30-13)23-16(27)5-4-12-26-18(28)21(25-20(26)29)10-2-3-11-21/h6-9H,2-5,10-12H2,1H3,(H,25,29)(H,23,24,27). The van der Waals surface area contributed by atoms with Gasteiger partial charge in [-0.2, -0.15) is 0 Å². The van der Waals surface area contributed by atoms with Crippen molar-refractivity contribution in [1.29, 1.82) is 0 Å². The van der Waals surface area contributed by atoms with Crippen molar-refractivity contribution in [3.05, 3.63) is 34.2 Å². The van der Waals surface area contributed by atoms with Gasteiger partial charge in [0, 0.05) is 28.4 Å². The highest BCUT2D eigenvalue weighted by molar-refractivity contribution is 7.16. The molecule has 1 aromatic carbocycles. The quantitative estimate of drug-likeness (QED) is 0.645. The zero-order chi connectivity index (χ0) is 21.3. The summed E-state index contributed by atoms with van der Waals surface area (Å²) >= 11 is 7.35. The van der Waals surface area contributed by atoms with Crippen molar-refractivity contribution >= 4 is 45.9 Å². The van der Waals surface area contributed by atoms with E-state index < -0.39 is 5.54 Å². The van der Waals surface area contributed by atoms with Crippen LogP contribution in [0.4, 0.5) is 9.93 Å². The average molecular weight is 447 g/mol. The first-order valence-corrected chi connectivity index (χ1v) is 11.2. The number of urea groups is 1. The second kappa shape index (κ2) is 8.35. The Kier molecular flexibility index (Phi) is 5.79. The molecule has 2 aliphatic rings. The molecule has 1 spiro atoms. The summed E-state index contributed by atoms with van der Waals surface area (Å²) in [6.45, 7) is 2.19. The lowest BCUT2D eigenvalue weighted by Crippen LogP contribution is -2.44. The summed E-state index contributed by atoms with van der Waals surface area (Å²) in [4.78, 5) is 43.9. The van der Waals surface area contributed by atoms with E-state index in [1.54, 1.807) is 12.1 Å². The summed E-state index contributed by atoms with van der Waals surface area (Å²) in [7, 11) is 0. The Labute approximate surface area is 183 Å².